The van der Waals surface area contributed by atoms with Crippen molar-refractivity contribution >= 4 is 27.6 Å². The SMILES string of the molecule is Cc1ccc(NC(=O)COC(=O)c2ccc(=O)n(C)n2)cc1S(=O)(=O)N(C)C. The Balaban J connectivity index is 2.06. The molecule has 1 aromatic carbocycles. The van der Waals surface area contributed by atoms with Crippen molar-refractivity contribution < 1.29 is 22.7 Å². The summed E-state index contributed by atoms with van der Waals surface area (Å²) in [6.45, 7) is 1.04. The van der Waals surface area contributed by atoms with Gasteiger partial charge in [0.15, 0.2) is 12.3 Å². The predicted octanol–water partition coefficient (Wildman–Crippen LogP) is 0.135. The summed E-state index contributed by atoms with van der Waals surface area (Å²) in [5.41, 5.74) is 0.257. The fraction of sp³-hybridized carbons (Fsp3) is 0.294. The summed E-state index contributed by atoms with van der Waals surface area (Å²) < 4.78 is 31.6. The zero-order chi connectivity index (χ0) is 21.1. The largest absolute Gasteiger partial charge is 0.451 e. The number of anilines is 1. The van der Waals surface area contributed by atoms with Gasteiger partial charge in [-0.15, -0.1) is 0 Å². The maximum atomic E-state index is 12.3. The third-order valence-electron chi connectivity index (χ3n) is 3.73. The van der Waals surface area contributed by atoms with Crippen LogP contribution in [0.25, 0.3) is 0 Å². The number of carbonyl (C=O) groups is 2. The molecule has 0 bridgehead atoms. The molecule has 28 heavy (non-hydrogen) atoms. The summed E-state index contributed by atoms with van der Waals surface area (Å²) in [6.07, 6.45) is 0. The molecule has 0 spiro atoms. The highest BCUT2D eigenvalue weighted by Crippen LogP contribution is 2.22. The number of nitrogens with zero attached hydrogens (tertiary/aromatic N) is 3. The number of aromatic nitrogens is 2. The van der Waals surface area contributed by atoms with Gasteiger partial charge in [0, 0.05) is 32.9 Å². The Morgan fingerprint density at radius 1 is 1.21 bits per heavy atom. The van der Waals surface area contributed by atoms with Crippen molar-refractivity contribution in [2.24, 2.45) is 7.05 Å². The minimum absolute atomic E-state index is 0.0571. The van der Waals surface area contributed by atoms with E-state index < -0.39 is 34.1 Å². The van der Waals surface area contributed by atoms with Crippen LogP contribution in [-0.2, 0) is 26.6 Å². The Morgan fingerprint density at radius 3 is 2.50 bits per heavy atom. The van der Waals surface area contributed by atoms with Gasteiger partial charge < -0.3 is 10.1 Å². The third-order valence-corrected chi connectivity index (χ3v) is 5.69. The van der Waals surface area contributed by atoms with Gasteiger partial charge >= 0.3 is 5.97 Å². The molecule has 11 heteroatoms. The van der Waals surface area contributed by atoms with Crippen molar-refractivity contribution in [3.63, 3.8) is 0 Å². The van der Waals surface area contributed by atoms with Crippen LogP contribution < -0.4 is 10.9 Å². The van der Waals surface area contributed by atoms with E-state index in [1.54, 1.807) is 13.0 Å². The lowest BCUT2D eigenvalue weighted by atomic mass is 10.2. The van der Waals surface area contributed by atoms with Gasteiger partial charge in [0.25, 0.3) is 11.5 Å². The van der Waals surface area contributed by atoms with E-state index in [9.17, 15) is 22.8 Å². The first-order chi connectivity index (χ1) is 13.0. The van der Waals surface area contributed by atoms with Crippen molar-refractivity contribution in [3.8, 4) is 0 Å². The number of nitrogens with one attached hydrogen (secondary N) is 1. The first kappa shape index (κ1) is 21.3. The smallest absolute Gasteiger partial charge is 0.359 e. The average molecular weight is 408 g/mol. The Hall–Kier alpha value is -3.05. The second-order valence-corrected chi connectivity index (χ2v) is 8.19. The molecule has 0 unspecified atom stereocenters. The van der Waals surface area contributed by atoms with Gasteiger partial charge in [0.1, 0.15) is 0 Å². The summed E-state index contributed by atoms with van der Waals surface area (Å²) in [4.78, 5) is 35.3. The number of carbonyl (C=O) groups excluding carboxylic acids is 2. The van der Waals surface area contributed by atoms with Crippen LogP contribution in [-0.4, -0.2) is 55.1 Å². The lowest BCUT2D eigenvalue weighted by Gasteiger charge is -2.15. The van der Waals surface area contributed by atoms with E-state index in [-0.39, 0.29) is 16.3 Å². The second-order valence-electron chi connectivity index (χ2n) is 6.07. The monoisotopic (exact) mass is 408 g/mol. The van der Waals surface area contributed by atoms with E-state index >= 15 is 0 Å². The molecule has 0 aliphatic carbocycles. The maximum absolute atomic E-state index is 12.3. The number of amides is 1. The fourth-order valence-corrected chi connectivity index (χ4v) is 3.31. The lowest BCUT2D eigenvalue weighted by Crippen LogP contribution is -2.25. The highest BCUT2D eigenvalue weighted by molar-refractivity contribution is 7.89. The molecule has 0 atom stereocenters. The molecule has 1 heterocycles. The van der Waals surface area contributed by atoms with Crippen molar-refractivity contribution in [3.05, 3.63) is 51.9 Å². The summed E-state index contributed by atoms with van der Waals surface area (Å²) in [5, 5.41) is 6.20. The zero-order valence-electron chi connectivity index (χ0n) is 15.8. The van der Waals surface area contributed by atoms with Crippen LogP contribution in [0.2, 0.25) is 0 Å². The number of esters is 1. The molecule has 1 amide bonds. The predicted molar refractivity (Wildman–Crippen MR) is 100 cm³/mol. The number of hydrogen-bond donors (Lipinski definition) is 1. The standard InChI is InChI=1S/C17H20N4O6S/c1-11-5-6-12(9-14(11)28(25,26)20(2)3)18-15(22)10-27-17(24)13-7-8-16(23)21(4)19-13/h5-9H,10H2,1-4H3,(H,18,22). The van der Waals surface area contributed by atoms with Crippen molar-refractivity contribution in [1.82, 2.24) is 14.1 Å². The van der Waals surface area contributed by atoms with Crippen LogP contribution in [0.5, 0.6) is 0 Å². The first-order valence-electron chi connectivity index (χ1n) is 8.07. The molecule has 1 N–H and O–H groups in total. The second kappa shape index (κ2) is 8.31. The van der Waals surface area contributed by atoms with Crippen LogP contribution >= 0.6 is 0 Å². The number of ether oxygens (including phenoxy) is 1. The third kappa shape index (κ3) is 4.81. The van der Waals surface area contributed by atoms with E-state index in [2.05, 4.69) is 10.4 Å². The van der Waals surface area contributed by atoms with Crippen LogP contribution in [0.1, 0.15) is 16.1 Å². The van der Waals surface area contributed by atoms with Crippen LogP contribution in [0.15, 0.2) is 40.0 Å². The van der Waals surface area contributed by atoms with Crippen LogP contribution in [0.4, 0.5) is 5.69 Å². The Bertz CT molecular complexity index is 1080. The van der Waals surface area contributed by atoms with Crippen molar-refractivity contribution in [2.75, 3.05) is 26.0 Å². The number of aryl methyl sites for hydroxylation is 2. The highest BCUT2D eigenvalue weighted by Gasteiger charge is 2.20. The van der Waals surface area contributed by atoms with E-state index in [1.807, 2.05) is 0 Å². The summed E-state index contributed by atoms with van der Waals surface area (Å²) >= 11 is 0. The summed E-state index contributed by atoms with van der Waals surface area (Å²) in [7, 11) is 0.522. The molecular weight excluding hydrogens is 388 g/mol. The molecule has 0 saturated carbocycles. The Morgan fingerprint density at radius 2 is 1.89 bits per heavy atom. The summed E-state index contributed by atoms with van der Waals surface area (Å²) in [5.74, 6) is -1.53. The molecule has 0 saturated heterocycles. The highest BCUT2D eigenvalue weighted by atomic mass is 32.2. The number of sulfonamides is 1. The van der Waals surface area contributed by atoms with Gasteiger partial charge in [0.2, 0.25) is 10.0 Å². The maximum Gasteiger partial charge on any atom is 0.359 e. The summed E-state index contributed by atoms with van der Waals surface area (Å²) in [6, 6.07) is 6.78. The van der Waals surface area contributed by atoms with E-state index in [1.165, 1.54) is 39.3 Å². The van der Waals surface area contributed by atoms with Gasteiger partial charge in [-0.05, 0) is 30.7 Å². The molecule has 10 nitrogen and oxygen atoms in total. The average Bonchev–Trinajstić information content (AvgIpc) is 2.63. The Kier molecular flexibility index (Phi) is 6.31. The molecule has 2 aromatic rings. The minimum Gasteiger partial charge on any atom is -0.451 e. The molecule has 0 fully saturated rings. The van der Waals surface area contributed by atoms with Gasteiger partial charge in [-0.3, -0.25) is 9.59 Å². The normalized spacial score (nSPS) is 11.3. The number of rotatable bonds is 6. The molecule has 1 aromatic heterocycles. The van der Waals surface area contributed by atoms with Crippen molar-refractivity contribution in [2.45, 2.75) is 11.8 Å². The molecule has 150 valence electrons. The molecule has 0 aliphatic heterocycles. The minimum atomic E-state index is -3.67. The van der Waals surface area contributed by atoms with E-state index in [0.717, 1.165) is 15.1 Å². The quantitative estimate of drug-likeness (QED) is 0.673. The van der Waals surface area contributed by atoms with Gasteiger partial charge in [0.05, 0.1) is 4.90 Å². The molecular formula is C17H20N4O6S. The van der Waals surface area contributed by atoms with E-state index in [4.69, 9.17) is 4.74 Å². The zero-order valence-corrected chi connectivity index (χ0v) is 16.6. The fourth-order valence-electron chi connectivity index (χ4n) is 2.17. The number of benzene rings is 1. The first-order valence-corrected chi connectivity index (χ1v) is 9.51. The molecule has 0 radical (unpaired) electrons. The molecule has 2 rings (SSSR count). The van der Waals surface area contributed by atoms with Gasteiger partial charge in [-0.2, -0.15) is 5.10 Å². The van der Waals surface area contributed by atoms with Crippen LogP contribution in [0, 0.1) is 6.92 Å². The topological polar surface area (TPSA) is 128 Å². The Labute approximate surface area is 161 Å². The van der Waals surface area contributed by atoms with Gasteiger partial charge in [-0.1, -0.05) is 6.07 Å². The lowest BCUT2D eigenvalue weighted by molar-refractivity contribution is -0.119. The number of hydrogen-bond acceptors (Lipinski definition) is 7. The van der Waals surface area contributed by atoms with E-state index in [0.29, 0.717) is 5.56 Å². The van der Waals surface area contributed by atoms with Crippen molar-refractivity contribution in [1.29, 1.82) is 0 Å². The van der Waals surface area contributed by atoms with Crippen LogP contribution in [0.3, 0.4) is 0 Å². The van der Waals surface area contributed by atoms with Gasteiger partial charge in [-0.25, -0.2) is 22.2 Å². The molecule has 0 aliphatic rings.